The number of halogens is 2. The van der Waals surface area contributed by atoms with Gasteiger partial charge in [0.15, 0.2) is 5.82 Å². The summed E-state index contributed by atoms with van der Waals surface area (Å²) in [5.41, 5.74) is -1.30. The summed E-state index contributed by atoms with van der Waals surface area (Å²) >= 11 is 0. The zero-order valence-electron chi connectivity index (χ0n) is 27.7. The third kappa shape index (κ3) is 5.35. The fraction of sp³-hybridized carbons (Fsp3) is 0.486. The van der Waals surface area contributed by atoms with Crippen LogP contribution >= 0.6 is 0 Å². The van der Waals surface area contributed by atoms with E-state index in [9.17, 15) is 14.6 Å². The Kier molecular flexibility index (Phi) is 8.28. The first-order valence-electron chi connectivity index (χ1n) is 16.8. The summed E-state index contributed by atoms with van der Waals surface area (Å²) in [6, 6.07) is 5.84. The summed E-state index contributed by atoms with van der Waals surface area (Å²) < 4.78 is 44.3. The zero-order chi connectivity index (χ0) is 33.8. The molecule has 1 aliphatic carbocycles. The molecule has 7 rings (SSSR count). The van der Waals surface area contributed by atoms with Gasteiger partial charge in [-0.25, -0.2) is 13.8 Å². The van der Waals surface area contributed by atoms with Crippen molar-refractivity contribution in [3.05, 3.63) is 41.5 Å². The van der Waals surface area contributed by atoms with Crippen LogP contribution in [-0.4, -0.2) is 82.1 Å². The topological polar surface area (TPSA) is 104 Å². The van der Waals surface area contributed by atoms with Gasteiger partial charge in [0, 0.05) is 35.5 Å². The van der Waals surface area contributed by atoms with E-state index in [-0.39, 0.29) is 62.7 Å². The molecular weight excluding hydrogens is 616 g/mol. The average molecular weight is 658 g/mol. The number of rotatable bonds is 7. The third-order valence-electron chi connectivity index (χ3n) is 10.9. The molecule has 2 aromatic heterocycles. The number of fused-ring (bicyclic) bond motifs is 3. The van der Waals surface area contributed by atoms with E-state index in [0.29, 0.717) is 49.7 Å². The predicted octanol–water partition coefficient (Wildman–Crippen LogP) is 6.20. The second-order valence-corrected chi connectivity index (χ2v) is 13.7. The largest absolute Gasteiger partial charge is 0.508 e. The van der Waals surface area contributed by atoms with E-state index >= 15 is 4.39 Å². The molecule has 1 saturated carbocycles. The lowest BCUT2D eigenvalue weighted by molar-refractivity contribution is 0.0131. The number of aromatic nitrogens is 3. The van der Waals surface area contributed by atoms with Gasteiger partial charge < -0.3 is 29.5 Å². The number of aliphatic hydroxyl groups is 1. The van der Waals surface area contributed by atoms with Gasteiger partial charge in [0.2, 0.25) is 5.88 Å². The van der Waals surface area contributed by atoms with Crippen molar-refractivity contribution in [2.24, 2.45) is 5.41 Å². The van der Waals surface area contributed by atoms with Crippen LogP contribution in [0.3, 0.4) is 0 Å². The molecular formula is C37H41F2N5O4. The molecule has 0 amide bonds. The van der Waals surface area contributed by atoms with E-state index in [0.717, 1.165) is 38.6 Å². The van der Waals surface area contributed by atoms with Gasteiger partial charge in [0.1, 0.15) is 34.0 Å². The quantitative estimate of drug-likeness (QED) is 0.225. The van der Waals surface area contributed by atoms with Crippen LogP contribution in [0, 0.1) is 29.4 Å². The number of pyridine rings is 1. The highest BCUT2D eigenvalue weighted by atomic mass is 19.1. The van der Waals surface area contributed by atoms with Gasteiger partial charge in [-0.15, -0.1) is 6.42 Å². The molecule has 0 unspecified atom stereocenters. The van der Waals surface area contributed by atoms with Crippen molar-refractivity contribution in [1.82, 2.24) is 19.9 Å². The van der Waals surface area contributed by atoms with E-state index in [1.807, 2.05) is 11.8 Å². The Bertz CT molecular complexity index is 1950. The van der Waals surface area contributed by atoms with Crippen molar-refractivity contribution in [2.75, 3.05) is 45.3 Å². The predicted molar refractivity (Wildman–Crippen MR) is 180 cm³/mol. The van der Waals surface area contributed by atoms with Gasteiger partial charge in [-0.1, -0.05) is 25.3 Å². The Morgan fingerprint density at radius 2 is 1.85 bits per heavy atom. The summed E-state index contributed by atoms with van der Waals surface area (Å²) in [4.78, 5) is 18.4. The Morgan fingerprint density at radius 1 is 1.06 bits per heavy atom. The summed E-state index contributed by atoms with van der Waals surface area (Å²) in [6.45, 7) is 4.23. The lowest BCUT2D eigenvalue weighted by atomic mass is 9.76. The van der Waals surface area contributed by atoms with Crippen molar-refractivity contribution in [2.45, 2.75) is 69.9 Å². The van der Waals surface area contributed by atoms with E-state index in [2.05, 4.69) is 27.8 Å². The SMILES string of the molecule is C#Cc1c(F)ccc2cc(O)cc(-c3nc(OC)c4c(N5CCC[C@](O)(CC)C5)nc(OC[C@]56CCC[C@H]5N(C)CCC6)nc4c3F)c12. The van der Waals surface area contributed by atoms with Crippen molar-refractivity contribution in [3.63, 3.8) is 0 Å². The number of ether oxygens (including phenoxy) is 2. The van der Waals surface area contributed by atoms with Gasteiger partial charge in [-0.2, -0.15) is 9.97 Å². The number of phenols is 1. The molecule has 2 saturated heterocycles. The van der Waals surface area contributed by atoms with Gasteiger partial charge >= 0.3 is 6.01 Å². The summed E-state index contributed by atoms with van der Waals surface area (Å²) in [5.74, 6) is 1.12. The van der Waals surface area contributed by atoms with Crippen LogP contribution in [0.4, 0.5) is 14.6 Å². The first kappa shape index (κ1) is 32.3. The molecule has 2 aromatic carbocycles. The highest BCUT2D eigenvalue weighted by molar-refractivity contribution is 6.04. The number of β-amino-alcohol motifs (C(OH)–C–C–N with tert-alkyl or cyclic N) is 1. The number of nitrogens with zero attached hydrogens (tertiary/aromatic N) is 5. The van der Waals surface area contributed by atoms with Gasteiger partial charge in [-0.3, -0.25) is 0 Å². The molecule has 4 heterocycles. The van der Waals surface area contributed by atoms with Gasteiger partial charge in [-0.05, 0) is 82.1 Å². The monoisotopic (exact) mass is 657 g/mol. The minimum absolute atomic E-state index is 0.0191. The van der Waals surface area contributed by atoms with Crippen LogP contribution in [0.5, 0.6) is 17.6 Å². The number of terminal acetylenes is 1. The summed E-state index contributed by atoms with van der Waals surface area (Å²) in [5, 5.41) is 22.8. The van der Waals surface area contributed by atoms with E-state index < -0.39 is 17.2 Å². The number of methoxy groups -OCH3 is 1. The molecule has 3 aliphatic rings. The normalized spacial score (nSPS) is 24.5. The number of hydrogen-bond acceptors (Lipinski definition) is 9. The molecule has 252 valence electrons. The van der Waals surface area contributed by atoms with Crippen LogP contribution < -0.4 is 14.4 Å². The van der Waals surface area contributed by atoms with Crippen LogP contribution in [0.2, 0.25) is 0 Å². The lowest BCUT2D eigenvalue weighted by Crippen LogP contribution is -2.50. The first-order chi connectivity index (χ1) is 23.1. The molecule has 0 bridgehead atoms. The molecule has 0 spiro atoms. The fourth-order valence-electron chi connectivity index (χ4n) is 8.44. The number of benzene rings is 2. The Labute approximate surface area is 278 Å². The van der Waals surface area contributed by atoms with Crippen molar-refractivity contribution >= 4 is 27.5 Å². The van der Waals surface area contributed by atoms with Crippen LogP contribution in [0.25, 0.3) is 32.9 Å². The molecule has 2 N–H and O–H groups in total. The maximum atomic E-state index is 17.1. The van der Waals surface area contributed by atoms with E-state index in [1.54, 1.807) is 0 Å². The minimum Gasteiger partial charge on any atom is -0.508 e. The average Bonchev–Trinajstić information content (AvgIpc) is 3.53. The summed E-state index contributed by atoms with van der Waals surface area (Å²) in [7, 11) is 3.58. The smallest absolute Gasteiger partial charge is 0.319 e. The van der Waals surface area contributed by atoms with Crippen molar-refractivity contribution in [3.8, 4) is 41.2 Å². The van der Waals surface area contributed by atoms with E-state index in [1.165, 1.54) is 31.4 Å². The third-order valence-corrected chi connectivity index (χ3v) is 10.9. The Morgan fingerprint density at radius 3 is 2.62 bits per heavy atom. The minimum atomic E-state index is -0.950. The number of aromatic hydroxyl groups is 1. The van der Waals surface area contributed by atoms with Gasteiger partial charge in [0.05, 0.1) is 24.9 Å². The van der Waals surface area contributed by atoms with E-state index in [4.69, 9.17) is 20.9 Å². The van der Waals surface area contributed by atoms with Gasteiger partial charge in [0.25, 0.3) is 0 Å². The second kappa shape index (κ2) is 12.3. The Hall–Kier alpha value is -4.27. The Balaban J connectivity index is 1.43. The number of likely N-dealkylation sites (tertiary alicyclic amines) is 1. The lowest BCUT2D eigenvalue weighted by Gasteiger charge is -2.44. The maximum absolute atomic E-state index is 17.1. The molecule has 2 aliphatic heterocycles. The molecule has 4 aromatic rings. The number of phenolic OH excluding ortho intramolecular Hbond substituents is 1. The highest BCUT2D eigenvalue weighted by Gasteiger charge is 2.47. The number of anilines is 1. The fourth-order valence-corrected chi connectivity index (χ4v) is 8.44. The second-order valence-electron chi connectivity index (χ2n) is 13.7. The van der Waals surface area contributed by atoms with Crippen molar-refractivity contribution < 1.29 is 28.5 Å². The molecule has 3 fully saturated rings. The van der Waals surface area contributed by atoms with Crippen LogP contribution in [0.15, 0.2) is 24.3 Å². The molecule has 0 radical (unpaired) electrons. The molecule has 11 heteroatoms. The standard InChI is InChI=1S/C37H41F2N5O4/c1-5-24-26(38)12-11-22-18-23(45)19-25(28(22)24)31-30(39)32-29(34(40-31)47-4)33(44-17-9-15-37(46,6-2)20-44)42-35(41-32)48-21-36-13-7-10-27(36)43(3)16-8-14-36/h1,11-12,18-19,27,45-46H,6-10,13-17,20-21H2,2-4H3/t27-,36-,37-/m1/s1. The highest BCUT2D eigenvalue weighted by Crippen LogP contribution is 2.48. The zero-order valence-corrected chi connectivity index (χ0v) is 27.7. The van der Waals surface area contributed by atoms with Crippen molar-refractivity contribution in [1.29, 1.82) is 0 Å². The maximum Gasteiger partial charge on any atom is 0.319 e. The first-order valence-corrected chi connectivity index (χ1v) is 16.8. The summed E-state index contributed by atoms with van der Waals surface area (Å²) in [6.07, 6.45) is 13.0. The molecule has 9 nitrogen and oxygen atoms in total. The van der Waals surface area contributed by atoms with Crippen LogP contribution in [-0.2, 0) is 0 Å². The molecule has 48 heavy (non-hydrogen) atoms. The number of piperidine rings is 2. The van der Waals surface area contributed by atoms with Crippen LogP contribution in [0.1, 0.15) is 63.9 Å². The number of hydrogen-bond donors (Lipinski definition) is 2. The molecule has 3 atom stereocenters.